The Morgan fingerprint density at radius 2 is 1.32 bits per heavy atom. The summed E-state index contributed by atoms with van der Waals surface area (Å²) in [5, 5.41) is 23.0. The molecule has 0 saturated carbocycles. The molecule has 2 amide bonds. The number of nitrogens with one attached hydrogen (secondary N) is 2. The molecule has 0 spiro atoms. The molecule has 2 atom stereocenters. The molecule has 0 aromatic heterocycles. The van der Waals surface area contributed by atoms with E-state index >= 15 is 0 Å². The number of hydrogen-bond donors (Lipinski definition) is 4. The Morgan fingerprint density at radius 1 is 0.757 bits per heavy atom. The van der Waals surface area contributed by atoms with Crippen molar-refractivity contribution in [3.05, 3.63) is 95.6 Å². The van der Waals surface area contributed by atoms with Crippen LogP contribution >= 0.6 is 0 Å². The summed E-state index contributed by atoms with van der Waals surface area (Å²) in [6, 6.07) is 21.8. The topological polar surface area (TPSA) is 142 Å². The number of carbonyl (C=O) groups excluding carboxylic acids is 2. The molecule has 0 radical (unpaired) electrons. The van der Waals surface area contributed by atoms with Gasteiger partial charge in [0.25, 0.3) is 0 Å². The molecule has 0 fully saturated rings. The molecule has 4 rings (SSSR count). The highest BCUT2D eigenvalue weighted by Gasteiger charge is 2.31. The molecule has 0 heterocycles. The lowest BCUT2D eigenvalue weighted by molar-refractivity contribution is -0.147. The highest BCUT2D eigenvalue weighted by molar-refractivity contribution is 5.91. The predicted molar refractivity (Wildman–Crippen MR) is 134 cm³/mol. The molecular weight excluding hydrogens is 476 g/mol. The minimum Gasteiger partial charge on any atom is -0.481 e. The standard InChI is InChI=1S/C28H26N2O7/c31-25(32)15-24(27(34)35)29-26(33)23(14-17-8-2-1-3-9-17)30-28(36)37-16-22-20-12-6-4-10-18(20)19-11-5-7-13-21(19)22/h1-13,22-24H,14-16H2,(H,29,33)(H,30,36)(H,31,32)(H,34,35)/t23-,24-/m0/s1. The molecule has 3 aromatic carbocycles. The average molecular weight is 503 g/mol. The Bertz CT molecular complexity index is 1260. The first-order chi connectivity index (χ1) is 17.8. The van der Waals surface area contributed by atoms with Gasteiger partial charge in [0.15, 0.2) is 0 Å². The van der Waals surface area contributed by atoms with E-state index in [0.29, 0.717) is 5.56 Å². The lowest BCUT2D eigenvalue weighted by Crippen LogP contribution is -2.53. The SMILES string of the molecule is O=C(O)C[C@H](NC(=O)[C@H](Cc1ccccc1)NC(=O)OCC1c2ccccc2-c2ccccc21)C(=O)O. The number of carboxylic acid groups (broad SMARTS) is 2. The molecule has 0 bridgehead atoms. The van der Waals surface area contributed by atoms with Gasteiger partial charge < -0.3 is 25.6 Å². The molecule has 1 aliphatic rings. The van der Waals surface area contributed by atoms with Crippen LogP contribution in [-0.2, 0) is 25.5 Å². The Morgan fingerprint density at radius 3 is 1.89 bits per heavy atom. The van der Waals surface area contributed by atoms with Crippen molar-refractivity contribution in [3.63, 3.8) is 0 Å². The monoisotopic (exact) mass is 502 g/mol. The van der Waals surface area contributed by atoms with Crippen LogP contribution in [-0.4, -0.2) is 52.8 Å². The number of aliphatic carboxylic acids is 2. The van der Waals surface area contributed by atoms with Crippen LogP contribution in [0.5, 0.6) is 0 Å². The summed E-state index contributed by atoms with van der Waals surface area (Å²) in [4.78, 5) is 48.2. The van der Waals surface area contributed by atoms with Gasteiger partial charge in [-0.05, 0) is 27.8 Å². The van der Waals surface area contributed by atoms with Crippen molar-refractivity contribution in [1.82, 2.24) is 10.6 Å². The molecule has 0 unspecified atom stereocenters. The third-order valence-corrected chi connectivity index (χ3v) is 6.23. The van der Waals surface area contributed by atoms with Crippen molar-refractivity contribution in [2.45, 2.75) is 30.8 Å². The maximum absolute atomic E-state index is 12.9. The van der Waals surface area contributed by atoms with Crippen LogP contribution in [0.4, 0.5) is 4.79 Å². The lowest BCUT2D eigenvalue weighted by Gasteiger charge is -2.21. The molecule has 9 nitrogen and oxygen atoms in total. The lowest BCUT2D eigenvalue weighted by atomic mass is 9.98. The molecule has 4 N–H and O–H groups in total. The van der Waals surface area contributed by atoms with Crippen LogP contribution in [0.1, 0.15) is 29.0 Å². The first-order valence-electron chi connectivity index (χ1n) is 11.7. The summed E-state index contributed by atoms with van der Waals surface area (Å²) in [6.07, 6.45) is -1.59. The molecule has 37 heavy (non-hydrogen) atoms. The third-order valence-electron chi connectivity index (χ3n) is 6.23. The maximum atomic E-state index is 12.9. The van der Waals surface area contributed by atoms with Gasteiger partial charge in [0, 0.05) is 12.3 Å². The number of carbonyl (C=O) groups is 4. The van der Waals surface area contributed by atoms with Crippen LogP contribution < -0.4 is 10.6 Å². The van der Waals surface area contributed by atoms with Crippen molar-refractivity contribution in [2.75, 3.05) is 6.61 Å². The van der Waals surface area contributed by atoms with Gasteiger partial charge in [-0.2, -0.15) is 0 Å². The number of hydrogen-bond acceptors (Lipinski definition) is 5. The first-order valence-corrected chi connectivity index (χ1v) is 11.7. The van der Waals surface area contributed by atoms with Crippen molar-refractivity contribution < 1.29 is 34.1 Å². The molecule has 190 valence electrons. The maximum Gasteiger partial charge on any atom is 0.407 e. The van der Waals surface area contributed by atoms with Crippen LogP contribution in [0.2, 0.25) is 0 Å². The van der Waals surface area contributed by atoms with Gasteiger partial charge in [-0.15, -0.1) is 0 Å². The Hall–Kier alpha value is -4.66. The fraction of sp³-hybridized carbons (Fsp3) is 0.214. The zero-order valence-electron chi connectivity index (χ0n) is 19.8. The van der Waals surface area contributed by atoms with Crippen molar-refractivity contribution in [1.29, 1.82) is 0 Å². The zero-order chi connectivity index (χ0) is 26.4. The van der Waals surface area contributed by atoms with E-state index in [-0.39, 0.29) is 18.9 Å². The normalized spacial score (nSPS) is 13.5. The zero-order valence-corrected chi connectivity index (χ0v) is 19.8. The Kier molecular flexibility index (Phi) is 7.83. The smallest absolute Gasteiger partial charge is 0.407 e. The van der Waals surface area contributed by atoms with Gasteiger partial charge in [-0.1, -0.05) is 78.9 Å². The van der Waals surface area contributed by atoms with Crippen LogP contribution in [0, 0.1) is 0 Å². The quantitative estimate of drug-likeness (QED) is 0.334. The van der Waals surface area contributed by atoms with E-state index in [1.54, 1.807) is 30.3 Å². The van der Waals surface area contributed by atoms with Gasteiger partial charge in [-0.3, -0.25) is 9.59 Å². The van der Waals surface area contributed by atoms with Gasteiger partial charge in [0.1, 0.15) is 18.7 Å². The van der Waals surface area contributed by atoms with Gasteiger partial charge >= 0.3 is 18.0 Å². The summed E-state index contributed by atoms with van der Waals surface area (Å²) in [7, 11) is 0. The van der Waals surface area contributed by atoms with E-state index in [9.17, 15) is 24.3 Å². The number of carboxylic acids is 2. The van der Waals surface area contributed by atoms with E-state index in [2.05, 4.69) is 10.6 Å². The minimum absolute atomic E-state index is 0.0380. The fourth-order valence-electron chi connectivity index (χ4n) is 4.49. The molecule has 0 saturated heterocycles. The molecule has 1 aliphatic carbocycles. The fourth-order valence-corrected chi connectivity index (χ4v) is 4.49. The van der Waals surface area contributed by atoms with E-state index < -0.39 is 42.4 Å². The number of rotatable bonds is 10. The average Bonchev–Trinajstić information content (AvgIpc) is 3.20. The number of amides is 2. The Labute approximate surface area is 213 Å². The van der Waals surface area contributed by atoms with Crippen molar-refractivity contribution in [2.24, 2.45) is 0 Å². The summed E-state index contributed by atoms with van der Waals surface area (Å²) < 4.78 is 5.53. The van der Waals surface area contributed by atoms with E-state index in [0.717, 1.165) is 22.3 Å². The second-order valence-electron chi connectivity index (χ2n) is 8.71. The molecular formula is C28H26N2O7. The predicted octanol–water partition coefficient (Wildman–Crippen LogP) is 3.18. The van der Waals surface area contributed by atoms with E-state index in [1.807, 2.05) is 48.5 Å². The first kappa shape index (κ1) is 25.4. The van der Waals surface area contributed by atoms with E-state index in [1.165, 1.54) is 0 Å². The van der Waals surface area contributed by atoms with E-state index in [4.69, 9.17) is 9.84 Å². The van der Waals surface area contributed by atoms with Gasteiger partial charge in [0.2, 0.25) is 5.91 Å². The minimum atomic E-state index is -1.65. The molecule has 9 heteroatoms. The second-order valence-corrected chi connectivity index (χ2v) is 8.71. The molecule has 0 aliphatic heterocycles. The van der Waals surface area contributed by atoms with Crippen LogP contribution in [0.3, 0.4) is 0 Å². The molecule has 3 aromatic rings. The highest BCUT2D eigenvalue weighted by atomic mass is 16.5. The van der Waals surface area contributed by atoms with Crippen LogP contribution in [0.25, 0.3) is 11.1 Å². The summed E-state index contributed by atoms with van der Waals surface area (Å²) >= 11 is 0. The largest absolute Gasteiger partial charge is 0.481 e. The van der Waals surface area contributed by atoms with Gasteiger partial charge in [-0.25, -0.2) is 9.59 Å². The summed E-state index contributed by atoms with van der Waals surface area (Å²) in [6.45, 7) is 0.0380. The number of benzene rings is 3. The van der Waals surface area contributed by atoms with Crippen molar-refractivity contribution in [3.8, 4) is 11.1 Å². The summed E-state index contributed by atoms with van der Waals surface area (Å²) in [5.41, 5.74) is 4.94. The number of ether oxygens (including phenoxy) is 1. The number of fused-ring (bicyclic) bond motifs is 3. The second kappa shape index (κ2) is 11.4. The van der Waals surface area contributed by atoms with Crippen molar-refractivity contribution >= 4 is 23.9 Å². The number of alkyl carbamates (subject to hydrolysis) is 1. The van der Waals surface area contributed by atoms with Gasteiger partial charge in [0.05, 0.1) is 6.42 Å². The third kappa shape index (κ3) is 6.13. The Balaban J connectivity index is 1.47. The van der Waals surface area contributed by atoms with Crippen LogP contribution in [0.15, 0.2) is 78.9 Å². The summed E-state index contributed by atoms with van der Waals surface area (Å²) in [5.74, 6) is -3.87. The highest BCUT2D eigenvalue weighted by Crippen LogP contribution is 2.44.